The van der Waals surface area contributed by atoms with E-state index >= 15 is 0 Å². The van der Waals surface area contributed by atoms with Crippen molar-refractivity contribution in [3.63, 3.8) is 0 Å². The summed E-state index contributed by atoms with van der Waals surface area (Å²) in [4.78, 5) is 13.6. The van der Waals surface area contributed by atoms with Crippen LogP contribution in [-0.2, 0) is 16.0 Å². The van der Waals surface area contributed by atoms with Crippen LogP contribution in [0.15, 0.2) is 18.2 Å². The second-order valence-electron chi connectivity index (χ2n) is 4.20. The highest BCUT2D eigenvalue weighted by Crippen LogP contribution is 2.30. The van der Waals surface area contributed by atoms with Gasteiger partial charge in [-0.05, 0) is 24.1 Å². The number of nitrogens with two attached hydrogens (primary N) is 1. The number of fused-ring (bicyclic) bond motifs is 1. The van der Waals surface area contributed by atoms with Crippen LogP contribution >= 0.6 is 0 Å². The molecule has 1 amide bonds. The van der Waals surface area contributed by atoms with Gasteiger partial charge in [-0.1, -0.05) is 6.07 Å². The summed E-state index contributed by atoms with van der Waals surface area (Å²) in [5.74, 6) is 4.51. The zero-order valence-corrected chi connectivity index (χ0v) is 10.1. The molecule has 98 valence electrons. The van der Waals surface area contributed by atoms with Gasteiger partial charge in [0.05, 0.1) is 6.61 Å². The molecule has 1 atom stereocenters. The Morgan fingerprint density at radius 1 is 1.67 bits per heavy atom. The Labute approximate surface area is 105 Å². The molecule has 0 aliphatic carbocycles. The minimum absolute atomic E-state index is 0.207. The molecule has 0 spiro atoms. The topological polar surface area (TPSA) is 67.6 Å². The summed E-state index contributed by atoms with van der Waals surface area (Å²) in [5.41, 5.74) is 3.88. The summed E-state index contributed by atoms with van der Waals surface area (Å²) in [7, 11) is 1.51. The van der Waals surface area contributed by atoms with E-state index in [2.05, 4.69) is 5.43 Å². The van der Waals surface area contributed by atoms with E-state index in [0.717, 1.165) is 17.7 Å². The number of halogens is 1. The van der Waals surface area contributed by atoms with E-state index in [1.54, 1.807) is 6.07 Å². The molecule has 0 bridgehead atoms. The van der Waals surface area contributed by atoms with Gasteiger partial charge in [-0.3, -0.25) is 10.2 Å². The van der Waals surface area contributed by atoms with Gasteiger partial charge in [0, 0.05) is 19.3 Å². The molecular weight excluding hydrogens is 237 g/mol. The number of hydrogen-bond acceptors (Lipinski definition) is 4. The Balaban J connectivity index is 2.29. The molecule has 1 aliphatic heterocycles. The van der Waals surface area contributed by atoms with Crippen molar-refractivity contribution in [3.05, 3.63) is 29.6 Å². The van der Waals surface area contributed by atoms with Crippen molar-refractivity contribution in [2.24, 2.45) is 5.84 Å². The average Bonchev–Trinajstić information content (AvgIpc) is 2.78. The molecule has 0 saturated heterocycles. The first-order valence-electron chi connectivity index (χ1n) is 5.72. The molecule has 0 aromatic heterocycles. The van der Waals surface area contributed by atoms with Crippen LogP contribution in [0.3, 0.4) is 0 Å². The first-order chi connectivity index (χ1) is 8.67. The molecule has 0 saturated carbocycles. The lowest BCUT2D eigenvalue weighted by Crippen LogP contribution is -2.51. The number of benzene rings is 1. The van der Waals surface area contributed by atoms with E-state index in [0.29, 0.717) is 6.54 Å². The quantitative estimate of drug-likeness (QED) is 0.457. The summed E-state index contributed by atoms with van der Waals surface area (Å²) in [6.07, 6.45) is 0.785. The molecule has 1 heterocycles. The standard InChI is InChI=1S/C12H16FN3O2/c1-18-7-11(12(17)15-14)16-5-4-8-2-3-9(13)6-10(8)16/h2-3,6,11H,4-5,7,14H2,1H3,(H,15,17). The van der Waals surface area contributed by atoms with Gasteiger partial charge < -0.3 is 9.64 Å². The number of anilines is 1. The summed E-state index contributed by atoms with van der Waals surface area (Å²) in [5, 5.41) is 0. The molecule has 5 nitrogen and oxygen atoms in total. The molecule has 1 aliphatic rings. The van der Waals surface area contributed by atoms with Gasteiger partial charge in [-0.2, -0.15) is 0 Å². The monoisotopic (exact) mass is 253 g/mol. The smallest absolute Gasteiger partial charge is 0.258 e. The Kier molecular flexibility index (Phi) is 3.78. The molecular formula is C12H16FN3O2. The van der Waals surface area contributed by atoms with Crippen molar-refractivity contribution in [1.82, 2.24) is 5.43 Å². The molecule has 2 rings (SSSR count). The predicted octanol–water partition coefficient (Wildman–Crippen LogP) is 0.193. The normalized spacial score (nSPS) is 15.4. The maximum Gasteiger partial charge on any atom is 0.258 e. The van der Waals surface area contributed by atoms with Gasteiger partial charge in [0.2, 0.25) is 0 Å². The van der Waals surface area contributed by atoms with E-state index in [-0.39, 0.29) is 18.3 Å². The molecule has 18 heavy (non-hydrogen) atoms. The lowest BCUT2D eigenvalue weighted by Gasteiger charge is -2.28. The van der Waals surface area contributed by atoms with Gasteiger partial charge >= 0.3 is 0 Å². The number of methoxy groups -OCH3 is 1. The fourth-order valence-corrected chi connectivity index (χ4v) is 2.26. The van der Waals surface area contributed by atoms with Crippen LogP contribution < -0.4 is 16.2 Å². The van der Waals surface area contributed by atoms with Crippen molar-refractivity contribution in [2.75, 3.05) is 25.2 Å². The molecule has 1 aromatic carbocycles. The van der Waals surface area contributed by atoms with E-state index in [4.69, 9.17) is 10.6 Å². The molecule has 0 fully saturated rings. The number of rotatable bonds is 4. The van der Waals surface area contributed by atoms with Crippen LogP contribution in [0.25, 0.3) is 0 Å². The van der Waals surface area contributed by atoms with E-state index in [1.807, 2.05) is 4.90 Å². The van der Waals surface area contributed by atoms with Gasteiger partial charge in [0.15, 0.2) is 0 Å². The molecule has 0 radical (unpaired) electrons. The second-order valence-corrected chi connectivity index (χ2v) is 4.20. The number of ether oxygens (including phenoxy) is 1. The Morgan fingerprint density at radius 2 is 2.44 bits per heavy atom. The number of amides is 1. The summed E-state index contributed by atoms with van der Waals surface area (Å²) in [6.45, 7) is 0.860. The van der Waals surface area contributed by atoms with Crippen molar-refractivity contribution < 1.29 is 13.9 Å². The minimum Gasteiger partial charge on any atom is -0.382 e. The number of carbonyl (C=O) groups is 1. The summed E-state index contributed by atoms with van der Waals surface area (Å²) in [6, 6.07) is 4.07. The van der Waals surface area contributed by atoms with Crippen molar-refractivity contribution in [2.45, 2.75) is 12.5 Å². The Morgan fingerprint density at radius 3 is 3.11 bits per heavy atom. The largest absolute Gasteiger partial charge is 0.382 e. The number of nitrogens with one attached hydrogen (secondary N) is 1. The average molecular weight is 253 g/mol. The summed E-state index contributed by atoms with van der Waals surface area (Å²) >= 11 is 0. The van der Waals surface area contributed by atoms with Gasteiger partial charge in [-0.15, -0.1) is 0 Å². The Bertz CT molecular complexity index is 453. The van der Waals surface area contributed by atoms with Crippen LogP contribution in [0.2, 0.25) is 0 Å². The summed E-state index contributed by atoms with van der Waals surface area (Å²) < 4.78 is 18.3. The highest BCUT2D eigenvalue weighted by atomic mass is 19.1. The van der Waals surface area contributed by atoms with Gasteiger partial charge in [-0.25, -0.2) is 10.2 Å². The number of hydrogen-bond donors (Lipinski definition) is 2. The number of hydrazine groups is 1. The molecule has 3 N–H and O–H groups in total. The predicted molar refractivity (Wildman–Crippen MR) is 65.4 cm³/mol. The SMILES string of the molecule is COCC(C(=O)NN)N1CCc2ccc(F)cc21. The van der Waals surface area contributed by atoms with Crippen LogP contribution in [0.1, 0.15) is 5.56 Å². The maximum absolute atomic E-state index is 13.3. The van der Waals surface area contributed by atoms with Crippen molar-refractivity contribution in [1.29, 1.82) is 0 Å². The van der Waals surface area contributed by atoms with Gasteiger partial charge in [0.1, 0.15) is 11.9 Å². The number of nitrogens with zero attached hydrogens (tertiary/aromatic N) is 1. The lowest BCUT2D eigenvalue weighted by atomic mass is 10.1. The first kappa shape index (κ1) is 12.8. The first-order valence-corrected chi connectivity index (χ1v) is 5.72. The Hall–Kier alpha value is -1.66. The van der Waals surface area contributed by atoms with Crippen LogP contribution in [0.4, 0.5) is 10.1 Å². The maximum atomic E-state index is 13.3. The van der Waals surface area contributed by atoms with E-state index < -0.39 is 6.04 Å². The fraction of sp³-hybridized carbons (Fsp3) is 0.417. The minimum atomic E-state index is -0.539. The van der Waals surface area contributed by atoms with Crippen LogP contribution in [-0.4, -0.2) is 32.2 Å². The molecule has 6 heteroatoms. The van der Waals surface area contributed by atoms with Crippen molar-refractivity contribution in [3.8, 4) is 0 Å². The fourth-order valence-electron chi connectivity index (χ4n) is 2.26. The third kappa shape index (κ3) is 2.30. The van der Waals surface area contributed by atoms with Gasteiger partial charge in [0.25, 0.3) is 5.91 Å². The lowest BCUT2D eigenvalue weighted by molar-refractivity contribution is -0.123. The highest BCUT2D eigenvalue weighted by Gasteiger charge is 2.30. The van der Waals surface area contributed by atoms with Crippen LogP contribution in [0.5, 0.6) is 0 Å². The third-order valence-corrected chi connectivity index (χ3v) is 3.12. The van der Waals surface area contributed by atoms with E-state index in [9.17, 15) is 9.18 Å². The van der Waals surface area contributed by atoms with Crippen LogP contribution in [0, 0.1) is 5.82 Å². The van der Waals surface area contributed by atoms with E-state index in [1.165, 1.54) is 19.2 Å². The molecule has 1 aromatic rings. The second kappa shape index (κ2) is 5.32. The van der Waals surface area contributed by atoms with Crippen molar-refractivity contribution >= 4 is 11.6 Å². The highest BCUT2D eigenvalue weighted by molar-refractivity contribution is 5.85. The number of carbonyl (C=O) groups excluding carboxylic acids is 1. The molecule has 1 unspecified atom stereocenters. The zero-order valence-electron chi connectivity index (χ0n) is 10.1. The zero-order chi connectivity index (χ0) is 13.1. The third-order valence-electron chi connectivity index (χ3n) is 3.12.